The number of rotatable bonds is 6. The lowest BCUT2D eigenvalue weighted by Crippen LogP contribution is -2.32. The fourth-order valence-corrected chi connectivity index (χ4v) is 5.05. The van der Waals surface area contributed by atoms with E-state index in [-0.39, 0.29) is 15.7 Å². The summed E-state index contributed by atoms with van der Waals surface area (Å²) in [7, 11) is -3.61. The van der Waals surface area contributed by atoms with E-state index in [0.717, 1.165) is 5.56 Å². The molecular weight excluding hydrogens is 348 g/mol. The highest BCUT2D eigenvalue weighted by atomic mass is 32.2. The van der Waals surface area contributed by atoms with Crippen molar-refractivity contribution in [2.45, 2.75) is 31.0 Å². The van der Waals surface area contributed by atoms with Gasteiger partial charge in [0, 0.05) is 11.8 Å². The molecule has 2 aromatic carbocycles. The van der Waals surface area contributed by atoms with Gasteiger partial charge in [-0.15, -0.1) is 0 Å². The maximum absolute atomic E-state index is 13.0. The van der Waals surface area contributed by atoms with Gasteiger partial charge in [-0.2, -0.15) is 0 Å². The van der Waals surface area contributed by atoms with Crippen molar-refractivity contribution in [2.75, 3.05) is 6.61 Å². The van der Waals surface area contributed by atoms with Gasteiger partial charge < -0.3 is 9.84 Å². The van der Waals surface area contributed by atoms with Gasteiger partial charge >= 0.3 is 0 Å². The zero-order valence-corrected chi connectivity index (χ0v) is 15.6. The first-order valence-corrected chi connectivity index (χ1v) is 10.3. The van der Waals surface area contributed by atoms with Crippen molar-refractivity contribution in [3.63, 3.8) is 0 Å². The molecule has 5 heteroatoms. The van der Waals surface area contributed by atoms with Gasteiger partial charge in [-0.3, -0.25) is 0 Å². The Labute approximate surface area is 155 Å². The lowest BCUT2D eigenvalue weighted by molar-refractivity contribution is 0.0549. The first-order valence-electron chi connectivity index (χ1n) is 8.80. The molecule has 138 valence electrons. The molecule has 0 aromatic heterocycles. The summed E-state index contributed by atoms with van der Waals surface area (Å²) in [5, 5.41) is 10.4. The molecule has 0 amide bonds. The molecule has 2 aromatic rings. The van der Waals surface area contributed by atoms with Crippen molar-refractivity contribution in [2.24, 2.45) is 11.8 Å². The highest BCUT2D eigenvalue weighted by Gasteiger charge is 2.35. The number of aliphatic hydroxyl groups excluding tert-OH is 1. The van der Waals surface area contributed by atoms with Crippen LogP contribution in [0.2, 0.25) is 0 Å². The molecule has 0 radical (unpaired) electrons. The first-order chi connectivity index (χ1) is 12.5. The van der Waals surface area contributed by atoms with Crippen LogP contribution in [-0.2, 0) is 21.2 Å². The van der Waals surface area contributed by atoms with Crippen molar-refractivity contribution in [1.29, 1.82) is 0 Å². The molecular formula is C21H24O4S. The summed E-state index contributed by atoms with van der Waals surface area (Å²) in [5.74, 6) is -0.552. The standard InChI is InChI=1S/C21H24O4S/c1-16-20(22)12-18(15-25-14-17-8-4-2-5-9-17)13-21(16)26(23,24)19-10-6-3-7-11-19/h2-11,13,16,18,20,22H,12,14-15H2,1H3/t16-,18-,20-/m0/s1. The number of sulfone groups is 1. The molecule has 0 unspecified atom stereocenters. The second kappa shape index (κ2) is 8.16. The Bertz CT molecular complexity index is 844. The van der Waals surface area contributed by atoms with Gasteiger partial charge in [-0.25, -0.2) is 8.42 Å². The Balaban J connectivity index is 1.75. The van der Waals surface area contributed by atoms with E-state index in [1.54, 1.807) is 43.3 Å². The predicted octanol–water partition coefficient (Wildman–Crippen LogP) is 3.58. The van der Waals surface area contributed by atoms with Crippen molar-refractivity contribution in [1.82, 2.24) is 0 Å². The Kier molecular flexibility index (Phi) is 5.91. The van der Waals surface area contributed by atoms with E-state index in [1.165, 1.54) is 0 Å². The van der Waals surface area contributed by atoms with E-state index in [2.05, 4.69) is 0 Å². The van der Waals surface area contributed by atoms with E-state index in [4.69, 9.17) is 4.74 Å². The van der Waals surface area contributed by atoms with Crippen molar-refractivity contribution >= 4 is 9.84 Å². The minimum Gasteiger partial charge on any atom is -0.392 e. The molecule has 0 bridgehead atoms. The molecule has 4 nitrogen and oxygen atoms in total. The maximum atomic E-state index is 13.0. The predicted molar refractivity (Wildman–Crippen MR) is 101 cm³/mol. The molecule has 1 aliphatic carbocycles. The van der Waals surface area contributed by atoms with E-state index in [1.807, 2.05) is 30.3 Å². The number of hydrogen-bond acceptors (Lipinski definition) is 4. The van der Waals surface area contributed by atoms with E-state index >= 15 is 0 Å². The third-order valence-corrected chi connectivity index (χ3v) is 6.80. The Morgan fingerprint density at radius 3 is 2.31 bits per heavy atom. The summed E-state index contributed by atoms with van der Waals surface area (Å²) >= 11 is 0. The van der Waals surface area contributed by atoms with Gasteiger partial charge in [0.1, 0.15) is 0 Å². The van der Waals surface area contributed by atoms with Crippen LogP contribution < -0.4 is 0 Å². The Hall–Kier alpha value is -1.95. The first kappa shape index (κ1) is 18.8. The number of hydrogen-bond donors (Lipinski definition) is 1. The Morgan fingerprint density at radius 1 is 1.04 bits per heavy atom. The average Bonchev–Trinajstić information content (AvgIpc) is 2.66. The molecule has 0 saturated heterocycles. The van der Waals surface area contributed by atoms with Crippen LogP contribution in [0.3, 0.4) is 0 Å². The van der Waals surface area contributed by atoms with E-state index in [9.17, 15) is 13.5 Å². The molecule has 0 fully saturated rings. The molecule has 3 atom stereocenters. The third kappa shape index (κ3) is 4.23. The zero-order chi connectivity index (χ0) is 18.6. The molecule has 1 aliphatic rings. The van der Waals surface area contributed by atoms with Crippen LogP contribution in [0.5, 0.6) is 0 Å². The number of aliphatic hydroxyl groups is 1. The topological polar surface area (TPSA) is 63.6 Å². The number of ether oxygens (including phenoxy) is 1. The fraction of sp³-hybridized carbons (Fsp3) is 0.333. The highest BCUT2D eigenvalue weighted by molar-refractivity contribution is 7.95. The van der Waals surface area contributed by atoms with Crippen molar-refractivity contribution in [3.8, 4) is 0 Å². The smallest absolute Gasteiger partial charge is 0.202 e. The van der Waals surface area contributed by atoms with Crippen LogP contribution in [0, 0.1) is 11.8 Å². The quantitative estimate of drug-likeness (QED) is 0.842. The summed E-state index contributed by atoms with van der Waals surface area (Å²) in [5.41, 5.74) is 1.07. The van der Waals surface area contributed by atoms with Crippen molar-refractivity contribution in [3.05, 3.63) is 77.2 Å². The second-order valence-electron chi connectivity index (χ2n) is 6.74. The third-order valence-electron chi connectivity index (χ3n) is 4.78. The normalized spacial score (nSPS) is 23.5. The largest absolute Gasteiger partial charge is 0.392 e. The van der Waals surface area contributed by atoms with Gasteiger partial charge in [0.15, 0.2) is 0 Å². The summed E-state index contributed by atoms with van der Waals surface area (Å²) in [6, 6.07) is 18.2. The van der Waals surface area contributed by atoms with Crippen LogP contribution >= 0.6 is 0 Å². The van der Waals surface area contributed by atoms with Gasteiger partial charge in [-0.1, -0.05) is 61.5 Å². The highest BCUT2D eigenvalue weighted by Crippen LogP contribution is 2.35. The molecule has 0 saturated carbocycles. The Morgan fingerprint density at radius 2 is 1.65 bits per heavy atom. The lowest BCUT2D eigenvalue weighted by Gasteiger charge is -2.30. The SMILES string of the molecule is C[C@@H]1C(S(=O)(=O)c2ccccc2)=C[C@@H](COCc2ccccc2)C[C@@H]1O. The summed E-state index contributed by atoms with van der Waals surface area (Å²) < 4.78 is 31.7. The van der Waals surface area contributed by atoms with Crippen LogP contribution in [-0.4, -0.2) is 26.2 Å². The second-order valence-corrected chi connectivity index (χ2v) is 8.69. The molecule has 0 heterocycles. The van der Waals surface area contributed by atoms with Gasteiger partial charge in [0.2, 0.25) is 9.84 Å². The monoisotopic (exact) mass is 372 g/mol. The molecule has 0 aliphatic heterocycles. The summed E-state index contributed by atoms with van der Waals surface area (Å²) in [6.07, 6.45) is 1.58. The van der Waals surface area contributed by atoms with Crippen LogP contribution in [0.4, 0.5) is 0 Å². The van der Waals surface area contributed by atoms with E-state index < -0.39 is 21.9 Å². The minimum atomic E-state index is -3.61. The lowest BCUT2D eigenvalue weighted by atomic mass is 9.87. The maximum Gasteiger partial charge on any atom is 0.202 e. The van der Waals surface area contributed by atoms with Gasteiger partial charge in [0.05, 0.1) is 29.1 Å². The van der Waals surface area contributed by atoms with Gasteiger partial charge in [0.25, 0.3) is 0 Å². The minimum absolute atomic E-state index is 0.126. The number of benzene rings is 2. The van der Waals surface area contributed by atoms with E-state index in [0.29, 0.717) is 19.6 Å². The molecule has 3 rings (SSSR count). The molecule has 26 heavy (non-hydrogen) atoms. The van der Waals surface area contributed by atoms with Gasteiger partial charge in [-0.05, 0) is 24.1 Å². The molecule has 1 N–H and O–H groups in total. The average molecular weight is 372 g/mol. The zero-order valence-electron chi connectivity index (χ0n) is 14.8. The van der Waals surface area contributed by atoms with Crippen LogP contribution in [0.1, 0.15) is 18.9 Å². The summed E-state index contributed by atoms with van der Waals surface area (Å²) in [6.45, 7) is 2.61. The fourth-order valence-electron chi connectivity index (χ4n) is 3.24. The molecule has 0 spiro atoms. The van der Waals surface area contributed by atoms with Crippen LogP contribution in [0.25, 0.3) is 0 Å². The summed E-state index contributed by atoms with van der Waals surface area (Å²) in [4.78, 5) is 0.548. The van der Waals surface area contributed by atoms with Crippen LogP contribution in [0.15, 0.2) is 76.5 Å². The van der Waals surface area contributed by atoms with Crippen molar-refractivity contribution < 1.29 is 18.3 Å².